The van der Waals surface area contributed by atoms with Gasteiger partial charge in [0.1, 0.15) is 5.60 Å². The Balaban J connectivity index is 1.44. The molecule has 1 saturated heterocycles. The Kier molecular flexibility index (Phi) is 9.50. The third-order valence-corrected chi connectivity index (χ3v) is 9.66. The smallest absolute Gasteiger partial charge is 0.407 e. The first-order chi connectivity index (χ1) is 19.3. The second kappa shape index (κ2) is 12.5. The van der Waals surface area contributed by atoms with Crippen LogP contribution in [0, 0.1) is 5.92 Å². The zero-order chi connectivity index (χ0) is 29.9. The lowest BCUT2D eigenvalue weighted by atomic mass is 9.84. The van der Waals surface area contributed by atoms with Crippen molar-refractivity contribution in [2.24, 2.45) is 5.92 Å². The molecule has 1 unspecified atom stereocenters. The van der Waals surface area contributed by atoms with E-state index in [-0.39, 0.29) is 48.8 Å². The van der Waals surface area contributed by atoms with Gasteiger partial charge in [-0.15, -0.1) is 0 Å². The number of rotatable bonds is 6. The maximum atomic E-state index is 13.6. The minimum absolute atomic E-state index is 0.0165. The van der Waals surface area contributed by atoms with Gasteiger partial charge >= 0.3 is 12.1 Å². The summed E-state index contributed by atoms with van der Waals surface area (Å²) in [6.07, 6.45) is 1.81. The summed E-state index contributed by atoms with van der Waals surface area (Å²) in [5.74, 6) is -0.892. The number of ether oxygens (including phenoxy) is 2. The van der Waals surface area contributed by atoms with Gasteiger partial charge in [-0.25, -0.2) is 13.2 Å². The summed E-state index contributed by atoms with van der Waals surface area (Å²) in [4.78, 5) is 39.8. The molecule has 41 heavy (non-hydrogen) atoms. The molecule has 4 rings (SSSR count). The number of carbonyl (C=O) groups is 3. The van der Waals surface area contributed by atoms with E-state index in [4.69, 9.17) is 21.1 Å². The maximum Gasteiger partial charge on any atom is 0.407 e. The Morgan fingerprint density at radius 3 is 2.32 bits per heavy atom. The number of hydrogen-bond donors (Lipinski definition) is 1. The highest BCUT2D eigenvalue weighted by Crippen LogP contribution is 2.30. The molecular weight excluding hydrogens is 570 g/mol. The molecule has 2 aromatic carbocycles. The number of alkyl carbamates (subject to hydrolysis) is 1. The molecular formula is C29H38ClN3O7S. The third-order valence-electron chi connectivity index (χ3n) is 7.57. The molecule has 2 fully saturated rings. The van der Waals surface area contributed by atoms with Gasteiger partial charge in [-0.2, -0.15) is 4.31 Å². The molecule has 2 aromatic rings. The summed E-state index contributed by atoms with van der Waals surface area (Å²) in [6.45, 7) is 5.67. The van der Waals surface area contributed by atoms with Crippen molar-refractivity contribution in [3.8, 4) is 0 Å². The molecule has 0 radical (unpaired) electrons. The molecule has 12 heteroatoms. The Hall–Kier alpha value is -2.89. The van der Waals surface area contributed by atoms with Crippen LogP contribution in [0.5, 0.6) is 0 Å². The number of sulfonamides is 1. The number of hydrogen-bond acceptors (Lipinski definition) is 7. The molecule has 0 aromatic heterocycles. The first-order valence-corrected chi connectivity index (χ1v) is 15.6. The second-order valence-corrected chi connectivity index (χ2v) is 14.1. The monoisotopic (exact) mass is 607 g/mol. The van der Waals surface area contributed by atoms with Crippen LogP contribution < -0.4 is 5.32 Å². The molecule has 0 spiro atoms. The van der Waals surface area contributed by atoms with E-state index in [1.807, 2.05) is 0 Å². The topological polar surface area (TPSA) is 122 Å². The average molecular weight is 608 g/mol. The van der Waals surface area contributed by atoms with Crippen molar-refractivity contribution in [2.45, 2.75) is 75.5 Å². The summed E-state index contributed by atoms with van der Waals surface area (Å²) >= 11 is 6.06. The summed E-state index contributed by atoms with van der Waals surface area (Å²) in [7, 11) is -2.62. The quantitative estimate of drug-likeness (QED) is 0.485. The van der Waals surface area contributed by atoms with Crippen LogP contribution in [0.3, 0.4) is 0 Å². The number of carbonyl (C=O) groups excluding carboxylic acids is 3. The Bertz CT molecular complexity index is 1400. The fraction of sp³-hybridized carbons (Fsp3) is 0.552. The fourth-order valence-electron chi connectivity index (χ4n) is 5.48. The molecule has 1 N–H and O–H groups in total. The SMILES string of the molecule is COC(=O)CC1CN(S(=O)(=O)c2ccc3cc(Cl)ccc3c2)CCN1C(=O)C1CCC(NC(=O)OC(C)(C)C)CC1. The zero-order valence-electron chi connectivity index (χ0n) is 23.9. The number of esters is 1. The first kappa shape index (κ1) is 31.1. The number of nitrogens with one attached hydrogen (secondary N) is 1. The highest BCUT2D eigenvalue weighted by molar-refractivity contribution is 7.89. The lowest BCUT2D eigenvalue weighted by molar-refractivity contribution is -0.147. The van der Waals surface area contributed by atoms with Crippen molar-refractivity contribution in [1.82, 2.24) is 14.5 Å². The highest BCUT2D eigenvalue weighted by atomic mass is 35.5. The summed E-state index contributed by atoms with van der Waals surface area (Å²) < 4.78 is 38.8. The van der Waals surface area contributed by atoms with E-state index in [2.05, 4.69) is 5.32 Å². The Labute approximate surface area is 246 Å². The Morgan fingerprint density at radius 1 is 1.00 bits per heavy atom. The Morgan fingerprint density at radius 2 is 1.66 bits per heavy atom. The summed E-state index contributed by atoms with van der Waals surface area (Å²) in [5.41, 5.74) is -0.593. The summed E-state index contributed by atoms with van der Waals surface area (Å²) in [6, 6.07) is 9.37. The van der Waals surface area contributed by atoms with E-state index in [1.54, 1.807) is 62.1 Å². The maximum absolute atomic E-state index is 13.6. The van der Waals surface area contributed by atoms with Gasteiger partial charge in [0.2, 0.25) is 15.9 Å². The normalized spacial score (nSPS) is 22.3. The highest BCUT2D eigenvalue weighted by Gasteiger charge is 2.40. The van der Waals surface area contributed by atoms with Crippen LogP contribution in [-0.4, -0.2) is 80.0 Å². The van der Waals surface area contributed by atoms with Crippen molar-refractivity contribution in [3.63, 3.8) is 0 Å². The van der Waals surface area contributed by atoms with Gasteiger partial charge in [-0.1, -0.05) is 23.7 Å². The van der Waals surface area contributed by atoms with Crippen LogP contribution in [0.25, 0.3) is 10.8 Å². The van der Waals surface area contributed by atoms with Crippen molar-refractivity contribution >= 4 is 50.4 Å². The molecule has 2 amide bonds. The molecule has 1 aliphatic carbocycles. The lowest BCUT2D eigenvalue weighted by Crippen LogP contribution is -2.58. The van der Waals surface area contributed by atoms with Crippen molar-refractivity contribution in [2.75, 3.05) is 26.7 Å². The lowest BCUT2D eigenvalue weighted by Gasteiger charge is -2.42. The molecule has 224 valence electrons. The molecule has 10 nitrogen and oxygen atoms in total. The molecule has 2 aliphatic rings. The van der Waals surface area contributed by atoms with Crippen LogP contribution in [0.1, 0.15) is 52.9 Å². The van der Waals surface area contributed by atoms with E-state index in [0.717, 1.165) is 10.8 Å². The van der Waals surface area contributed by atoms with Gasteiger partial charge in [0.05, 0.1) is 24.5 Å². The van der Waals surface area contributed by atoms with Crippen LogP contribution in [-0.2, 0) is 29.1 Å². The van der Waals surface area contributed by atoms with Gasteiger partial charge < -0.3 is 19.7 Å². The average Bonchev–Trinajstić information content (AvgIpc) is 2.91. The van der Waals surface area contributed by atoms with E-state index >= 15 is 0 Å². The molecule has 0 bridgehead atoms. The van der Waals surface area contributed by atoms with Gasteiger partial charge in [-0.05, 0) is 81.5 Å². The summed E-state index contributed by atoms with van der Waals surface area (Å²) in [5, 5.41) is 5.01. The standard InChI is InChI=1S/C29H38ClN3O7S/c1-29(2,3)40-28(36)31-23-10-6-19(7-11-23)27(35)33-14-13-32(18-24(33)17-26(34)39-4)41(37,38)25-12-8-20-15-22(30)9-5-21(20)16-25/h5,8-9,12,15-16,19,23-24H,6-7,10-11,13-14,17-18H2,1-4H3,(H,31,36). The third kappa shape index (κ3) is 7.69. The minimum atomic E-state index is -3.89. The minimum Gasteiger partial charge on any atom is -0.469 e. The van der Waals surface area contributed by atoms with Crippen molar-refractivity contribution in [1.29, 1.82) is 0 Å². The van der Waals surface area contributed by atoms with Crippen LogP contribution in [0.15, 0.2) is 41.3 Å². The van der Waals surface area contributed by atoms with Crippen LogP contribution in [0.4, 0.5) is 4.79 Å². The fourth-order valence-corrected chi connectivity index (χ4v) is 7.17. The number of nitrogens with zero attached hydrogens (tertiary/aromatic N) is 2. The van der Waals surface area contributed by atoms with Gasteiger partial charge in [0.15, 0.2) is 0 Å². The number of halogens is 1. The van der Waals surface area contributed by atoms with Crippen molar-refractivity contribution < 1.29 is 32.3 Å². The molecule has 1 atom stereocenters. The molecule has 1 heterocycles. The molecule has 1 aliphatic heterocycles. The first-order valence-electron chi connectivity index (χ1n) is 13.8. The van der Waals surface area contributed by atoms with E-state index in [0.29, 0.717) is 30.7 Å². The van der Waals surface area contributed by atoms with E-state index in [9.17, 15) is 22.8 Å². The number of piperazine rings is 1. The van der Waals surface area contributed by atoms with E-state index in [1.165, 1.54) is 11.4 Å². The van der Waals surface area contributed by atoms with Crippen LogP contribution in [0.2, 0.25) is 5.02 Å². The predicted octanol–water partition coefficient (Wildman–Crippen LogP) is 4.34. The number of amides is 2. The largest absolute Gasteiger partial charge is 0.469 e. The van der Waals surface area contributed by atoms with Gasteiger partial charge in [0, 0.05) is 36.6 Å². The van der Waals surface area contributed by atoms with E-state index < -0.39 is 33.7 Å². The number of methoxy groups -OCH3 is 1. The van der Waals surface area contributed by atoms with Crippen LogP contribution >= 0.6 is 11.6 Å². The molecule has 1 saturated carbocycles. The number of benzene rings is 2. The van der Waals surface area contributed by atoms with Gasteiger partial charge in [0.25, 0.3) is 0 Å². The predicted molar refractivity (Wildman–Crippen MR) is 155 cm³/mol. The second-order valence-electron chi connectivity index (χ2n) is 11.7. The van der Waals surface area contributed by atoms with Gasteiger partial charge in [-0.3, -0.25) is 9.59 Å². The van der Waals surface area contributed by atoms with Crippen molar-refractivity contribution in [3.05, 3.63) is 41.4 Å². The zero-order valence-corrected chi connectivity index (χ0v) is 25.5. The number of fused-ring (bicyclic) bond motifs is 1.